The zero-order valence-corrected chi connectivity index (χ0v) is 12.1. The van der Waals surface area contributed by atoms with Crippen molar-refractivity contribution in [3.05, 3.63) is 23.4 Å². The molecule has 3 heteroatoms. The second-order valence-corrected chi connectivity index (χ2v) is 5.49. The third-order valence-electron chi connectivity index (χ3n) is 3.83. The zero-order valence-electron chi connectivity index (χ0n) is 12.1. The van der Waals surface area contributed by atoms with Gasteiger partial charge in [0, 0.05) is 26.3 Å². The van der Waals surface area contributed by atoms with Crippen LogP contribution >= 0.6 is 0 Å². The molecule has 0 bridgehead atoms. The quantitative estimate of drug-likeness (QED) is 0.815. The molecule has 1 aromatic heterocycles. The van der Waals surface area contributed by atoms with E-state index in [1.807, 2.05) is 14.1 Å². The second kappa shape index (κ2) is 5.70. The lowest BCUT2D eigenvalue weighted by atomic mass is 10.0. The van der Waals surface area contributed by atoms with Crippen LogP contribution < -0.4 is 4.90 Å². The highest BCUT2D eigenvalue weighted by Crippen LogP contribution is 2.33. The number of hydrogen-bond acceptors (Lipinski definition) is 3. The highest BCUT2D eigenvalue weighted by molar-refractivity contribution is 5.43. The molecule has 0 amide bonds. The van der Waals surface area contributed by atoms with Crippen LogP contribution in [0.1, 0.15) is 43.4 Å². The molecular weight excluding hydrogens is 222 g/mol. The van der Waals surface area contributed by atoms with Gasteiger partial charge in [0.1, 0.15) is 5.82 Å². The largest absolute Gasteiger partial charge is 0.363 e. The average Bonchev–Trinajstić information content (AvgIpc) is 2.77. The minimum atomic E-state index is 0.591. The first-order chi connectivity index (χ1) is 8.63. The van der Waals surface area contributed by atoms with Crippen molar-refractivity contribution in [2.75, 3.05) is 32.1 Å². The van der Waals surface area contributed by atoms with Gasteiger partial charge in [-0.05, 0) is 56.5 Å². The third kappa shape index (κ3) is 2.66. The van der Waals surface area contributed by atoms with Crippen LogP contribution in [0.5, 0.6) is 0 Å². The van der Waals surface area contributed by atoms with Gasteiger partial charge in [-0.15, -0.1) is 0 Å². The molecule has 0 aliphatic carbocycles. The van der Waals surface area contributed by atoms with Crippen LogP contribution in [0.25, 0.3) is 0 Å². The second-order valence-electron chi connectivity index (χ2n) is 5.49. The summed E-state index contributed by atoms with van der Waals surface area (Å²) in [7, 11) is 4.08. The van der Waals surface area contributed by atoms with Crippen LogP contribution in [-0.4, -0.2) is 37.1 Å². The Morgan fingerprint density at radius 2 is 2.22 bits per heavy atom. The lowest BCUT2D eigenvalue weighted by Crippen LogP contribution is -2.24. The minimum Gasteiger partial charge on any atom is -0.363 e. The Bertz CT molecular complexity index is 401. The van der Waals surface area contributed by atoms with Crippen molar-refractivity contribution in [1.29, 1.82) is 0 Å². The smallest absolute Gasteiger partial charge is 0.128 e. The molecule has 0 radical (unpaired) electrons. The SMILES string of the molecule is CCCN1CCC[C@H]1c1cnc(N(C)C)cc1C. The number of aromatic nitrogens is 1. The maximum absolute atomic E-state index is 4.58. The van der Waals surface area contributed by atoms with E-state index in [-0.39, 0.29) is 0 Å². The molecule has 0 N–H and O–H groups in total. The molecule has 0 saturated carbocycles. The van der Waals surface area contributed by atoms with E-state index in [4.69, 9.17) is 0 Å². The summed E-state index contributed by atoms with van der Waals surface area (Å²) in [6.45, 7) is 6.93. The summed E-state index contributed by atoms with van der Waals surface area (Å²) in [4.78, 5) is 9.25. The van der Waals surface area contributed by atoms with Gasteiger partial charge < -0.3 is 4.90 Å². The van der Waals surface area contributed by atoms with E-state index in [1.54, 1.807) is 0 Å². The first-order valence-corrected chi connectivity index (χ1v) is 7.01. The van der Waals surface area contributed by atoms with Crippen LogP contribution in [0.4, 0.5) is 5.82 Å². The Morgan fingerprint density at radius 3 is 2.83 bits per heavy atom. The van der Waals surface area contributed by atoms with Gasteiger partial charge in [-0.2, -0.15) is 0 Å². The van der Waals surface area contributed by atoms with Crippen molar-refractivity contribution >= 4 is 5.82 Å². The van der Waals surface area contributed by atoms with Crippen LogP contribution in [0, 0.1) is 6.92 Å². The Hall–Kier alpha value is -1.09. The summed E-state index contributed by atoms with van der Waals surface area (Å²) in [5.74, 6) is 1.05. The van der Waals surface area contributed by atoms with Crippen molar-refractivity contribution in [2.24, 2.45) is 0 Å². The molecule has 3 nitrogen and oxygen atoms in total. The lowest BCUT2D eigenvalue weighted by Gasteiger charge is -2.26. The monoisotopic (exact) mass is 247 g/mol. The summed E-state index contributed by atoms with van der Waals surface area (Å²) in [6, 6.07) is 2.80. The molecule has 0 unspecified atom stereocenters. The molecule has 1 aromatic rings. The molecule has 0 spiro atoms. The first-order valence-electron chi connectivity index (χ1n) is 7.01. The predicted molar refractivity (Wildman–Crippen MR) is 77.1 cm³/mol. The van der Waals surface area contributed by atoms with Crippen LogP contribution in [-0.2, 0) is 0 Å². The minimum absolute atomic E-state index is 0.591. The number of likely N-dealkylation sites (tertiary alicyclic amines) is 1. The summed E-state index contributed by atoms with van der Waals surface area (Å²) >= 11 is 0. The Kier molecular flexibility index (Phi) is 4.23. The Labute approximate surface area is 111 Å². The maximum atomic E-state index is 4.58. The zero-order chi connectivity index (χ0) is 13.1. The summed E-state index contributed by atoms with van der Waals surface area (Å²) in [5, 5.41) is 0. The highest BCUT2D eigenvalue weighted by Gasteiger charge is 2.26. The molecule has 1 atom stereocenters. The van der Waals surface area contributed by atoms with Gasteiger partial charge in [0.05, 0.1) is 0 Å². The van der Waals surface area contributed by atoms with Gasteiger partial charge >= 0.3 is 0 Å². The predicted octanol–water partition coefficient (Wildman–Crippen LogP) is 3.00. The fourth-order valence-electron chi connectivity index (χ4n) is 2.88. The Balaban J connectivity index is 2.22. The summed E-state index contributed by atoms with van der Waals surface area (Å²) in [5.41, 5.74) is 2.80. The number of aryl methyl sites for hydroxylation is 1. The number of nitrogens with zero attached hydrogens (tertiary/aromatic N) is 3. The van der Waals surface area contributed by atoms with Crippen molar-refractivity contribution < 1.29 is 0 Å². The van der Waals surface area contributed by atoms with Crippen LogP contribution in [0.15, 0.2) is 12.3 Å². The van der Waals surface area contributed by atoms with Crippen LogP contribution in [0.3, 0.4) is 0 Å². The molecular formula is C15H25N3. The van der Waals surface area contributed by atoms with Gasteiger partial charge in [-0.1, -0.05) is 6.92 Å². The van der Waals surface area contributed by atoms with E-state index in [1.165, 1.54) is 43.5 Å². The van der Waals surface area contributed by atoms with Crippen molar-refractivity contribution in [3.63, 3.8) is 0 Å². The maximum Gasteiger partial charge on any atom is 0.128 e. The van der Waals surface area contributed by atoms with Gasteiger partial charge in [-0.25, -0.2) is 4.98 Å². The van der Waals surface area contributed by atoms with E-state index in [2.05, 4.69) is 40.9 Å². The topological polar surface area (TPSA) is 19.4 Å². The fourth-order valence-corrected chi connectivity index (χ4v) is 2.88. The molecule has 2 heterocycles. The molecule has 0 aromatic carbocycles. The van der Waals surface area contributed by atoms with Gasteiger partial charge in [0.2, 0.25) is 0 Å². The number of rotatable bonds is 4. The molecule has 1 aliphatic rings. The number of hydrogen-bond donors (Lipinski definition) is 0. The third-order valence-corrected chi connectivity index (χ3v) is 3.83. The van der Waals surface area contributed by atoms with Crippen molar-refractivity contribution in [1.82, 2.24) is 9.88 Å². The molecule has 100 valence electrons. The fraction of sp³-hybridized carbons (Fsp3) is 0.667. The Morgan fingerprint density at radius 1 is 1.44 bits per heavy atom. The first kappa shape index (κ1) is 13.3. The summed E-state index contributed by atoms with van der Waals surface area (Å²) < 4.78 is 0. The van der Waals surface area contributed by atoms with Gasteiger partial charge in [0.15, 0.2) is 0 Å². The van der Waals surface area contributed by atoms with E-state index in [9.17, 15) is 0 Å². The van der Waals surface area contributed by atoms with Crippen LogP contribution in [0.2, 0.25) is 0 Å². The van der Waals surface area contributed by atoms with Crippen molar-refractivity contribution in [3.8, 4) is 0 Å². The summed E-state index contributed by atoms with van der Waals surface area (Å²) in [6.07, 6.45) is 5.92. The van der Waals surface area contributed by atoms with Gasteiger partial charge in [0.25, 0.3) is 0 Å². The standard InChI is InChI=1S/C15H25N3/c1-5-8-18-9-6-7-14(18)13-11-16-15(17(3)4)10-12(13)2/h10-11,14H,5-9H2,1-4H3/t14-/m0/s1. The molecule has 1 saturated heterocycles. The van der Waals surface area contributed by atoms with E-state index < -0.39 is 0 Å². The molecule has 1 fully saturated rings. The van der Waals surface area contributed by atoms with Gasteiger partial charge in [-0.3, -0.25) is 4.90 Å². The molecule has 1 aliphatic heterocycles. The average molecular weight is 247 g/mol. The number of pyridine rings is 1. The van der Waals surface area contributed by atoms with Crippen molar-refractivity contribution in [2.45, 2.75) is 39.2 Å². The normalized spacial score (nSPS) is 20.3. The number of anilines is 1. The van der Waals surface area contributed by atoms with E-state index in [0.717, 1.165) is 5.82 Å². The highest BCUT2D eigenvalue weighted by atomic mass is 15.2. The van der Waals surface area contributed by atoms with E-state index >= 15 is 0 Å². The molecule has 2 rings (SSSR count). The van der Waals surface area contributed by atoms with E-state index in [0.29, 0.717) is 6.04 Å². The molecule has 18 heavy (non-hydrogen) atoms. The lowest BCUT2D eigenvalue weighted by molar-refractivity contribution is 0.257.